The van der Waals surface area contributed by atoms with Gasteiger partial charge in [-0.15, -0.1) is 0 Å². The zero-order valence-corrected chi connectivity index (χ0v) is 14.1. The van der Waals surface area contributed by atoms with Gasteiger partial charge in [-0.05, 0) is 100 Å². The number of hydrogen-bond acceptors (Lipinski definition) is 1. The Kier molecular flexibility index (Phi) is 3.13. The SMILES string of the molecule is C/C=C1/CC[C@H]2[C@@H]3CC[C@@H]4C[C@@](C)(O)C[C@@H]4[C@H]3CC[C@]12C. The van der Waals surface area contributed by atoms with Gasteiger partial charge >= 0.3 is 0 Å². The highest BCUT2D eigenvalue weighted by molar-refractivity contribution is 5.23. The topological polar surface area (TPSA) is 20.2 Å². The lowest BCUT2D eigenvalue weighted by Crippen LogP contribution is -2.45. The van der Waals surface area contributed by atoms with Crippen LogP contribution in [0.25, 0.3) is 0 Å². The number of hydrogen-bond donors (Lipinski definition) is 1. The number of rotatable bonds is 0. The molecule has 0 aromatic rings. The lowest BCUT2D eigenvalue weighted by molar-refractivity contribution is -0.0193. The van der Waals surface area contributed by atoms with E-state index in [1.165, 1.54) is 38.5 Å². The zero-order valence-electron chi connectivity index (χ0n) is 14.1. The average Bonchev–Trinajstić information content (AvgIpc) is 2.93. The second kappa shape index (κ2) is 4.60. The van der Waals surface area contributed by atoms with Gasteiger partial charge in [0.15, 0.2) is 0 Å². The minimum atomic E-state index is -0.366. The summed E-state index contributed by atoms with van der Waals surface area (Å²) in [6.45, 7) is 6.90. The largest absolute Gasteiger partial charge is 0.390 e. The summed E-state index contributed by atoms with van der Waals surface area (Å²) in [4.78, 5) is 0. The van der Waals surface area contributed by atoms with Crippen molar-refractivity contribution in [1.29, 1.82) is 0 Å². The van der Waals surface area contributed by atoms with E-state index >= 15 is 0 Å². The molecule has 0 heterocycles. The van der Waals surface area contributed by atoms with Crippen LogP contribution in [0.15, 0.2) is 11.6 Å². The van der Waals surface area contributed by atoms with Crippen LogP contribution in [-0.4, -0.2) is 10.7 Å². The van der Waals surface area contributed by atoms with Gasteiger partial charge in [0, 0.05) is 0 Å². The molecule has 1 N–H and O–H groups in total. The number of fused-ring (bicyclic) bond motifs is 5. The first-order chi connectivity index (χ1) is 9.94. The molecule has 4 aliphatic carbocycles. The summed E-state index contributed by atoms with van der Waals surface area (Å²) < 4.78 is 0. The first-order valence-electron chi connectivity index (χ1n) is 9.33. The first-order valence-corrected chi connectivity index (χ1v) is 9.33. The quantitative estimate of drug-likeness (QED) is 0.626. The van der Waals surface area contributed by atoms with E-state index in [1.807, 2.05) is 0 Å². The Labute approximate surface area is 130 Å². The third-order valence-electron chi connectivity index (χ3n) is 8.09. The van der Waals surface area contributed by atoms with E-state index in [-0.39, 0.29) is 5.60 Å². The normalized spacial score (nSPS) is 57.9. The first kappa shape index (κ1) is 14.3. The fourth-order valence-corrected chi connectivity index (χ4v) is 7.28. The molecule has 118 valence electrons. The molecule has 0 radical (unpaired) electrons. The van der Waals surface area contributed by atoms with Crippen LogP contribution in [-0.2, 0) is 0 Å². The van der Waals surface area contributed by atoms with Crippen LogP contribution in [0.4, 0.5) is 0 Å². The van der Waals surface area contributed by atoms with Crippen molar-refractivity contribution in [3.05, 3.63) is 11.6 Å². The van der Waals surface area contributed by atoms with Gasteiger partial charge in [-0.3, -0.25) is 0 Å². The second-order valence-electron chi connectivity index (χ2n) is 9.15. The molecule has 1 nitrogen and oxygen atoms in total. The van der Waals surface area contributed by atoms with Gasteiger partial charge in [0.1, 0.15) is 0 Å². The fourth-order valence-electron chi connectivity index (χ4n) is 7.28. The maximum atomic E-state index is 10.5. The van der Waals surface area contributed by atoms with E-state index < -0.39 is 0 Å². The van der Waals surface area contributed by atoms with Crippen molar-refractivity contribution in [1.82, 2.24) is 0 Å². The van der Waals surface area contributed by atoms with E-state index in [2.05, 4.69) is 26.8 Å². The van der Waals surface area contributed by atoms with Crippen molar-refractivity contribution in [2.45, 2.75) is 77.7 Å². The third-order valence-corrected chi connectivity index (χ3v) is 8.09. The molecule has 0 bridgehead atoms. The summed E-state index contributed by atoms with van der Waals surface area (Å²) in [6.07, 6.45) is 13.0. The molecule has 0 spiro atoms. The van der Waals surface area contributed by atoms with E-state index in [9.17, 15) is 5.11 Å². The maximum Gasteiger partial charge on any atom is 0.0625 e. The van der Waals surface area contributed by atoms with Crippen molar-refractivity contribution in [2.75, 3.05) is 0 Å². The van der Waals surface area contributed by atoms with Crippen LogP contribution in [0.3, 0.4) is 0 Å². The van der Waals surface area contributed by atoms with E-state index in [0.29, 0.717) is 5.41 Å². The molecule has 0 aromatic heterocycles. The molecule has 0 amide bonds. The summed E-state index contributed by atoms with van der Waals surface area (Å²) in [7, 11) is 0. The molecule has 0 aliphatic heterocycles. The minimum Gasteiger partial charge on any atom is -0.390 e. The van der Waals surface area contributed by atoms with Crippen molar-refractivity contribution < 1.29 is 5.11 Å². The molecule has 4 fully saturated rings. The molecule has 0 saturated heterocycles. The molecular weight excluding hydrogens is 256 g/mol. The van der Waals surface area contributed by atoms with Crippen molar-refractivity contribution in [2.24, 2.45) is 35.0 Å². The number of allylic oxidation sites excluding steroid dienone is 2. The van der Waals surface area contributed by atoms with E-state index in [4.69, 9.17) is 0 Å². The molecule has 21 heavy (non-hydrogen) atoms. The maximum absolute atomic E-state index is 10.5. The van der Waals surface area contributed by atoms with Crippen LogP contribution < -0.4 is 0 Å². The Hall–Kier alpha value is -0.300. The van der Waals surface area contributed by atoms with Crippen molar-refractivity contribution in [3.8, 4) is 0 Å². The van der Waals surface area contributed by atoms with E-state index in [0.717, 1.165) is 42.4 Å². The molecule has 0 unspecified atom stereocenters. The molecule has 4 rings (SSSR count). The van der Waals surface area contributed by atoms with Crippen LogP contribution in [0.5, 0.6) is 0 Å². The lowest BCUT2D eigenvalue weighted by Gasteiger charge is -2.52. The van der Waals surface area contributed by atoms with Gasteiger partial charge in [0.25, 0.3) is 0 Å². The van der Waals surface area contributed by atoms with Gasteiger partial charge in [0.05, 0.1) is 5.60 Å². The van der Waals surface area contributed by atoms with Gasteiger partial charge < -0.3 is 5.11 Å². The molecular formula is C20H32O. The highest BCUT2D eigenvalue weighted by atomic mass is 16.3. The summed E-state index contributed by atoms with van der Waals surface area (Å²) in [5.41, 5.74) is 1.91. The van der Waals surface area contributed by atoms with Gasteiger partial charge in [-0.25, -0.2) is 0 Å². The van der Waals surface area contributed by atoms with E-state index in [1.54, 1.807) is 5.57 Å². The summed E-state index contributed by atoms with van der Waals surface area (Å²) in [5, 5.41) is 10.5. The molecule has 4 saturated carbocycles. The molecule has 7 atom stereocenters. The highest BCUT2D eigenvalue weighted by Gasteiger charge is 2.57. The second-order valence-corrected chi connectivity index (χ2v) is 9.15. The molecule has 0 aromatic carbocycles. The Morgan fingerprint density at radius 2 is 1.81 bits per heavy atom. The van der Waals surface area contributed by atoms with Crippen LogP contribution in [0, 0.1) is 35.0 Å². The monoisotopic (exact) mass is 288 g/mol. The van der Waals surface area contributed by atoms with Crippen LogP contribution >= 0.6 is 0 Å². The van der Waals surface area contributed by atoms with Gasteiger partial charge in [-0.1, -0.05) is 18.6 Å². The van der Waals surface area contributed by atoms with Crippen molar-refractivity contribution >= 4 is 0 Å². The predicted molar refractivity (Wildman–Crippen MR) is 86.9 cm³/mol. The summed E-state index contributed by atoms with van der Waals surface area (Å²) in [5.74, 6) is 4.48. The zero-order chi connectivity index (χ0) is 14.8. The number of aliphatic hydroxyl groups is 1. The Morgan fingerprint density at radius 3 is 2.57 bits per heavy atom. The lowest BCUT2D eigenvalue weighted by atomic mass is 9.52. The van der Waals surface area contributed by atoms with Crippen LogP contribution in [0.2, 0.25) is 0 Å². The Balaban J connectivity index is 1.61. The Morgan fingerprint density at radius 1 is 1.00 bits per heavy atom. The average molecular weight is 288 g/mol. The Bertz CT molecular complexity index is 462. The smallest absolute Gasteiger partial charge is 0.0625 e. The third kappa shape index (κ3) is 1.99. The summed E-state index contributed by atoms with van der Waals surface area (Å²) >= 11 is 0. The molecule has 4 aliphatic rings. The summed E-state index contributed by atoms with van der Waals surface area (Å²) in [6, 6.07) is 0. The predicted octanol–water partition coefficient (Wildman–Crippen LogP) is 4.95. The van der Waals surface area contributed by atoms with Crippen LogP contribution in [0.1, 0.15) is 72.1 Å². The minimum absolute atomic E-state index is 0.366. The van der Waals surface area contributed by atoms with Crippen molar-refractivity contribution in [3.63, 3.8) is 0 Å². The highest BCUT2D eigenvalue weighted by Crippen LogP contribution is 2.65. The van der Waals surface area contributed by atoms with Gasteiger partial charge in [-0.2, -0.15) is 0 Å². The standard InChI is InChI=1S/C20H32O/c1-4-14-6-8-18-16-7-5-13-11-19(2,21)12-17(13)15(16)9-10-20(14,18)3/h4,13,15-18,21H,5-12H2,1-3H3/b14-4-/t13-,15+,16-,17+,18+,19-,20-/m1/s1. The fraction of sp³-hybridized carbons (Fsp3) is 0.900. The molecule has 1 heteroatoms. The van der Waals surface area contributed by atoms with Gasteiger partial charge in [0.2, 0.25) is 0 Å².